The molecular formula is C25H24N6O3. The van der Waals surface area contributed by atoms with E-state index in [9.17, 15) is 4.79 Å². The summed E-state index contributed by atoms with van der Waals surface area (Å²) in [5, 5.41) is 8.50. The van der Waals surface area contributed by atoms with Gasteiger partial charge in [-0.2, -0.15) is 0 Å². The number of hydrogen-bond acceptors (Lipinski definition) is 7. The van der Waals surface area contributed by atoms with Crippen LogP contribution in [0.5, 0.6) is 17.4 Å². The molecule has 0 bridgehead atoms. The minimum atomic E-state index is -0.353. The third kappa shape index (κ3) is 5.77. The van der Waals surface area contributed by atoms with Gasteiger partial charge in [-0.3, -0.25) is 0 Å². The van der Waals surface area contributed by atoms with Crippen LogP contribution in [0.4, 0.5) is 22.1 Å². The summed E-state index contributed by atoms with van der Waals surface area (Å²) in [5.74, 6) is 2.24. The Kier molecular flexibility index (Phi) is 7.14. The first kappa shape index (κ1) is 22.5. The Labute approximate surface area is 197 Å². The van der Waals surface area contributed by atoms with Crippen molar-refractivity contribution in [3.8, 4) is 28.6 Å². The molecule has 3 N–H and O–H groups in total. The third-order valence-corrected chi connectivity index (χ3v) is 4.68. The third-order valence-electron chi connectivity index (χ3n) is 4.68. The van der Waals surface area contributed by atoms with Gasteiger partial charge in [-0.1, -0.05) is 0 Å². The second kappa shape index (κ2) is 10.8. The molecule has 0 unspecified atom stereocenters. The van der Waals surface area contributed by atoms with E-state index in [0.29, 0.717) is 41.3 Å². The van der Waals surface area contributed by atoms with Crippen molar-refractivity contribution >= 4 is 23.4 Å². The van der Waals surface area contributed by atoms with Crippen molar-refractivity contribution in [2.24, 2.45) is 0 Å². The van der Waals surface area contributed by atoms with Crippen molar-refractivity contribution in [1.29, 1.82) is 0 Å². The van der Waals surface area contributed by atoms with E-state index in [0.717, 1.165) is 11.3 Å². The van der Waals surface area contributed by atoms with Crippen LogP contribution in [-0.4, -0.2) is 34.6 Å². The molecule has 0 fully saturated rings. The number of ether oxygens (including phenoxy) is 2. The Morgan fingerprint density at radius 3 is 2.18 bits per heavy atom. The average molecular weight is 457 g/mol. The van der Waals surface area contributed by atoms with E-state index in [4.69, 9.17) is 9.47 Å². The normalized spacial score (nSPS) is 10.3. The maximum atomic E-state index is 12.3. The van der Waals surface area contributed by atoms with Gasteiger partial charge in [-0.15, -0.1) is 0 Å². The lowest BCUT2D eigenvalue weighted by atomic mass is 10.2. The van der Waals surface area contributed by atoms with Gasteiger partial charge in [0.25, 0.3) is 0 Å². The van der Waals surface area contributed by atoms with E-state index in [2.05, 4.69) is 30.9 Å². The Balaban J connectivity index is 1.40. The summed E-state index contributed by atoms with van der Waals surface area (Å²) in [6.45, 7) is 2.51. The second-order valence-electron chi connectivity index (χ2n) is 7.03. The van der Waals surface area contributed by atoms with Crippen molar-refractivity contribution in [3.05, 3.63) is 79.1 Å². The summed E-state index contributed by atoms with van der Waals surface area (Å²) in [4.78, 5) is 25.3. The van der Waals surface area contributed by atoms with Gasteiger partial charge in [0.2, 0.25) is 11.8 Å². The first-order valence-electron chi connectivity index (χ1n) is 10.7. The molecule has 0 aliphatic carbocycles. The molecule has 0 aliphatic rings. The monoisotopic (exact) mass is 456 g/mol. The molecule has 0 atom stereocenters. The van der Waals surface area contributed by atoms with E-state index < -0.39 is 0 Å². The fraction of sp³-hybridized carbons (Fsp3) is 0.120. The van der Waals surface area contributed by atoms with Crippen LogP contribution in [0.25, 0.3) is 11.3 Å². The Morgan fingerprint density at radius 1 is 0.853 bits per heavy atom. The van der Waals surface area contributed by atoms with Gasteiger partial charge in [-0.05, 0) is 73.7 Å². The lowest BCUT2D eigenvalue weighted by Gasteiger charge is -2.11. The minimum Gasteiger partial charge on any atom is -0.494 e. The first-order chi connectivity index (χ1) is 16.6. The molecule has 0 spiro atoms. The van der Waals surface area contributed by atoms with Crippen LogP contribution >= 0.6 is 0 Å². The molecule has 2 amide bonds. The van der Waals surface area contributed by atoms with Gasteiger partial charge in [0.15, 0.2) is 0 Å². The standard InChI is InChI=1S/C25H24N6O3/c1-3-33-19-10-6-17(7-11-19)29-25(32)30-18-8-12-20(13-9-18)34-23-21(5-4-15-27-23)22-14-16-28-24(26-2)31-22/h4-16H,3H2,1-2H3,(H,26,28,31)(H2,29,30,32). The summed E-state index contributed by atoms with van der Waals surface area (Å²) in [6, 6.07) is 19.3. The number of anilines is 3. The molecule has 9 heteroatoms. The van der Waals surface area contributed by atoms with Crippen molar-refractivity contribution in [2.75, 3.05) is 29.6 Å². The second-order valence-corrected chi connectivity index (χ2v) is 7.03. The highest BCUT2D eigenvalue weighted by atomic mass is 16.5. The molecule has 4 rings (SSSR count). The predicted molar refractivity (Wildman–Crippen MR) is 132 cm³/mol. The zero-order valence-corrected chi connectivity index (χ0v) is 18.8. The quantitative estimate of drug-likeness (QED) is 0.325. The average Bonchev–Trinajstić information content (AvgIpc) is 2.87. The zero-order chi connectivity index (χ0) is 23.8. The fourth-order valence-electron chi connectivity index (χ4n) is 3.11. The van der Waals surface area contributed by atoms with Crippen molar-refractivity contribution in [1.82, 2.24) is 15.0 Å². The number of carbonyl (C=O) groups excluding carboxylic acids is 1. The van der Waals surface area contributed by atoms with Crippen molar-refractivity contribution in [3.63, 3.8) is 0 Å². The lowest BCUT2D eigenvalue weighted by molar-refractivity contribution is 0.262. The number of hydrogen-bond donors (Lipinski definition) is 3. The van der Waals surface area contributed by atoms with Gasteiger partial charge in [0.05, 0.1) is 17.9 Å². The van der Waals surface area contributed by atoms with E-state index in [1.807, 2.05) is 19.1 Å². The summed E-state index contributed by atoms with van der Waals surface area (Å²) < 4.78 is 11.4. The van der Waals surface area contributed by atoms with Gasteiger partial charge in [0, 0.05) is 30.8 Å². The molecule has 0 radical (unpaired) electrons. The Bertz CT molecular complexity index is 1250. The minimum absolute atomic E-state index is 0.353. The van der Waals surface area contributed by atoms with Crippen molar-refractivity contribution in [2.45, 2.75) is 6.92 Å². The number of nitrogens with zero attached hydrogens (tertiary/aromatic N) is 3. The van der Waals surface area contributed by atoms with Crippen LogP contribution in [0.3, 0.4) is 0 Å². The molecular weight excluding hydrogens is 432 g/mol. The highest BCUT2D eigenvalue weighted by Gasteiger charge is 2.11. The zero-order valence-electron chi connectivity index (χ0n) is 18.8. The SMILES string of the molecule is CCOc1ccc(NC(=O)Nc2ccc(Oc3ncccc3-c3ccnc(NC)n3)cc2)cc1. The summed E-state index contributed by atoms with van der Waals surface area (Å²) in [5.41, 5.74) is 2.70. The lowest BCUT2D eigenvalue weighted by Crippen LogP contribution is -2.19. The van der Waals surface area contributed by atoms with Crippen LogP contribution in [0, 0.1) is 0 Å². The molecule has 2 heterocycles. The maximum absolute atomic E-state index is 12.3. The predicted octanol–water partition coefficient (Wildman–Crippen LogP) is 5.42. The van der Waals surface area contributed by atoms with Crippen LogP contribution in [-0.2, 0) is 0 Å². The number of benzene rings is 2. The van der Waals surface area contributed by atoms with E-state index in [-0.39, 0.29) is 6.03 Å². The van der Waals surface area contributed by atoms with Crippen LogP contribution in [0.15, 0.2) is 79.1 Å². The Hall–Kier alpha value is -4.66. The molecule has 34 heavy (non-hydrogen) atoms. The highest BCUT2D eigenvalue weighted by Crippen LogP contribution is 2.31. The molecule has 0 aliphatic heterocycles. The number of carbonyl (C=O) groups is 1. The molecule has 172 valence electrons. The van der Waals surface area contributed by atoms with Gasteiger partial charge >= 0.3 is 6.03 Å². The number of rotatable bonds is 8. The number of aromatic nitrogens is 3. The molecule has 9 nitrogen and oxygen atoms in total. The molecule has 0 saturated carbocycles. The molecule has 2 aromatic carbocycles. The maximum Gasteiger partial charge on any atom is 0.323 e. The van der Waals surface area contributed by atoms with Gasteiger partial charge in [0.1, 0.15) is 11.5 Å². The number of nitrogens with one attached hydrogen (secondary N) is 3. The number of pyridine rings is 1. The van der Waals surface area contributed by atoms with Crippen LogP contribution in [0.2, 0.25) is 0 Å². The first-order valence-corrected chi connectivity index (χ1v) is 10.7. The summed E-state index contributed by atoms with van der Waals surface area (Å²) >= 11 is 0. The largest absolute Gasteiger partial charge is 0.494 e. The molecule has 4 aromatic rings. The van der Waals surface area contributed by atoms with Crippen LogP contribution in [0.1, 0.15) is 6.92 Å². The van der Waals surface area contributed by atoms with Crippen molar-refractivity contribution < 1.29 is 14.3 Å². The van der Waals surface area contributed by atoms with Crippen LogP contribution < -0.4 is 25.4 Å². The fourth-order valence-corrected chi connectivity index (χ4v) is 3.11. The van der Waals surface area contributed by atoms with E-state index >= 15 is 0 Å². The highest BCUT2D eigenvalue weighted by molar-refractivity contribution is 5.99. The smallest absolute Gasteiger partial charge is 0.323 e. The number of amides is 2. The van der Waals surface area contributed by atoms with E-state index in [1.165, 1.54) is 0 Å². The summed E-state index contributed by atoms with van der Waals surface area (Å²) in [7, 11) is 1.76. The van der Waals surface area contributed by atoms with Gasteiger partial charge < -0.3 is 25.4 Å². The Morgan fingerprint density at radius 2 is 1.53 bits per heavy atom. The van der Waals surface area contributed by atoms with Gasteiger partial charge in [-0.25, -0.2) is 19.7 Å². The molecule has 0 saturated heterocycles. The summed E-state index contributed by atoms with van der Waals surface area (Å²) in [6.07, 6.45) is 3.32. The topological polar surface area (TPSA) is 110 Å². The number of urea groups is 1. The molecule has 2 aromatic heterocycles. The van der Waals surface area contributed by atoms with E-state index in [1.54, 1.807) is 74.0 Å².